The van der Waals surface area contributed by atoms with Crippen LogP contribution in [0.5, 0.6) is 17.2 Å². The van der Waals surface area contributed by atoms with Gasteiger partial charge in [0.1, 0.15) is 23.0 Å². The number of amides is 1. The summed E-state index contributed by atoms with van der Waals surface area (Å²) in [6.07, 6.45) is 0.644. The predicted molar refractivity (Wildman–Crippen MR) is 131 cm³/mol. The number of halogens is 1. The van der Waals surface area contributed by atoms with E-state index in [0.717, 1.165) is 0 Å². The first kappa shape index (κ1) is 25.4. The smallest absolute Gasteiger partial charge is 0.295 e. The van der Waals surface area contributed by atoms with Crippen LogP contribution < -0.4 is 14.2 Å². The fraction of sp³-hybridized carbons (Fsp3) is 0.385. The van der Waals surface area contributed by atoms with Crippen molar-refractivity contribution in [3.8, 4) is 17.2 Å². The number of carbonyl (C=O) groups is 2. The zero-order chi connectivity index (χ0) is 25.0. The second-order valence-corrected chi connectivity index (χ2v) is 8.86. The highest BCUT2D eigenvalue weighted by Gasteiger charge is 2.46. The van der Waals surface area contributed by atoms with E-state index in [1.54, 1.807) is 6.07 Å². The van der Waals surface area contributed by atoms with E-state index in [1.165, 1.54) is 31.3 Å². The van der Waals surface area contributed by atoms with E-state index in [2.05, 4.69) is 0 Å². The van der Waals surface area contributed by atoms with Crippen molar-refractivity contribution in [3.63, 3.8) is 0 Å². The average molecular weight is 488 g/mol. The molecule has 0 radical (unpaired) electrons. The van der Waals surface area contributed by atoms with Gasteiger partial charge < -0.3 is 24.2 Å². The van der Waals surface area contributed by atoms with Crippen LogP contribution in [0.1, 0.15) is 44.4 Å². The number of nitrogens with zero attached hydrogens (tertiary/aromatic N) is 1. The van der Waals surface area contributed by atoms with Crippen molar-refractivity contribution in [2.75, 3.05) is 27.4 Å². The summed E-state index contributed by atoms with van der Waals surface area (Å²) in [6.45, 7) is 6.90. The Balaban J connectivity index is 2.20. The van der Waals surface area contributed by atoms with Crippen molar-refractivity contribution in [2.45, 2.75) is 33.2 Å². The van der Waals surface area contributed by atoms with Gasteiger partial charge in [0.05, 0.1) is 43.0 Å². The molecule has 1 amide bonds. The van der Waals surface area contributed by atoms with Crippen LogP contribution in [0.3, 0.4) is 0 Å². The molecule has 8 heteroatoms. The molecule has 182 valence electrons. The van der Waals surface area contributed by atoms with E-state index < -0.39 is 17.7 Å². The first-order valence-corrected chi connectivity index (χ1v) is 11.5. The number of aliphatic hydroxyl groups excluding tert-OH is 1. The van der Waals surface area contributed by atoms with Gasteiger partial charge in [0.25, 0.3) is 11.7 Å². The maximum atomic E-state index is 13.2. The molecule has 2 aromatic carbocycles. The number of hydrogen-bond donors (Lipinski definition) is 1. The van der Waals surface area contributed by atoms with Gasteiger partial charge in [0.2, 0.25) is 0 Å². The number of hydrogen-bond acceptors (Lipinski definition) is 6. The summed E-state index contributed by atoms with van der Waals surface area (Å²) in [5, 5.41) is 11.7. The Morgan fingerprint density at radius 2 is 1.82 bits per heavy atom. The molecule has 0 saturated carbocycles. The van der Waals surface area contributed by atoms with Gasteiger partial charge in [0, 0.05) is 12.6 Å². The van der Waals surface area contributed by atoms with Gasteiger partial charge in [-0.3, -0.25) is 9.59 Å². The minimum atomic E-state index is -0.783. The van der Waals surface area contributed by atoms with Crippen LogP contribution in [-0.2, 0) is 9.59 Å². The zero-order valence-electron chi connectivity index (χ0n) is 20.1. The normalized spacial score (nSPS) is 17.4. The number of ether oxygens (including phenoxy) is 3. The fourth-order valence-corrected chi connectivity index (χ4v) is 4.16. The Labute approximate surface area is 204 Å². The first-order valence-electron chi connectivity index (χ1n) is 11.2. The topological polar surface area (TPSA) is 85.3 Å². The Bertz CT molecular complexity index is 1110. The molecule has 0 bridgehead atoms. The number of aliphatic hydroxyl groups is 1. The molecule has 7 nitrogen and oxygen atoms in total. The highest BCUT2D eigenvalue weighted by Crippen LogP contribution is 2.43. The molecule has 2 aromatic rings. The third-order valence-electron chi connectivity index (χ3n) is 5.49. The first-order chi connectivity index (χ1) is 16.2. The maximum absolute atomic E-state index is 13.2. The van der Waals surface area contributed by atoms with Crippen molar-refractivity contribution in [2.24, 2.45) is 5.92 Å². The van der Waals surface area contributed by atoms with Crippen LogP contribution in [0.15, 0.2) is 42.0 Å². The van der Waals surface area contributed by atoms with Crippen LogP contribution in [-0.4, -0.2) is 49.1 Å². The average Bonchev–Trinajstić information content (AvgIpc) is 3.07. The van der Waals surface area contributed by atoms with Crippen molar-refractivity contribution in [1.82, 2.24) is 4.90 Å². The van der Waals surface area contributed by atoms with Crippen molar-refractivity contribution in [3.05, 3.63) is 58.1 Å². The monoisotopic (exact) mass is 487 g/mol. The lowest BCUT2D eigenvalue weighted by molar-refractivity contribution is -0.139. The van der Waals surface area contributed by atoms with Crippen LogP contribution in [0.4, 0.5) is 0 Å². The molecule has 1 N–H and O–H groups in total. The largest absolute Gasteiger partial charge is 0.507 e. The number of methoxy groups -OCH3 is 2. The van der Waals surface area contributed by atoms with E-state index in [9.17, 15) is 14.7 Å². The summed E-state index contributed by atoms with van der Waals surface area (Å²) in [5.41, 5.74) is 0.841. The molecule has 1 atom stereocenters. The lowest BCUT2D eigenvalue weighted by Crippen LogP contribution is -2.30. The highest BCUT2D eigenvalue weighted by molar-refractivity contribution is 6.46. The van der Waals surface area contributed by atoms with E-state index in [-0.39, 0.29) is 27.7 Å². The standard InChI is InChI=1S/C26H30ClNO6/c1-6-10-28-23(16-8-7-9-17(11-16)34-14-15(2)3)22(25(30)26(28)31)24(29)18-12-21(33-5)19(27)13-20(18)32-4/h7-9,11-13,15,23,29H,6,10,14H2,1-5H3/b24-22+. The lowest BCUT2D eigenvalue weighted by Gasteiger charge is -2.25. The third kappa shape index (κ3) is 4.99. The molecule has 1 aliphatic heterocycles. The molecule has 1 unspecified atom stereocenters. The van der Waals surface area contributed by atoms with Gasteiger partial charge in [-0.1, -0.05) is 44.5 Å². The second kappa shape index (κ2) is 10.8. The van der Waals surface area contributed by atoms with Crippen LogP contribution in [0.2, 0.25) is 5.02 Å². The predicted octanol–water partition coefficient (Wildman–Crippen LogP) is 5.22. The summed E-state index contributed by atoms with van der Waals surface area (Å²) < 4.78 is 16.5. The van der Waals surface area contributed by atoms with E-state index in [4.69, 9.17) is 25.8 Å². The van der Waals surface area contributed by atoms with Gasteiger partial charge in [-0.2, -0.15) is 0 Å². The molecule has 0 aromatic heterocycles. The Morgan fingerprint density at radius 3 is 2.44 bits per heavy atom. The van der Waals surface area contributed by atoms with Gasteiger partial charge >= 0.3 is 0 Å². The molecule has 0 spiro atoms. The van der Waals surface area contributed by atoms with Gasteiger partial charge in [-0.25, -0.2) is 0 Å². The van der Waals surface area contributed by atoms with Gasteiger partial charge in [-0.05, 0) is 36.1 Å². The lowest BCUT2D eigenvalue weighted by atomic mass is 9.94. The minimum absolute atomic E-state index is 0.0258. The van der Waals surface area contributed by atoms with Crippen molar-refractivity contribution < 1.29 is 28.9 Å². The Kier molecular flexibility index (Phi) is 8.10. The molecular weight excluding hydrogens is 458 g/mol. The van der Waals surface area contributed by atoms with E-state index in [1.807, 2.05) is 39.0 Å². The van der Waals surface area contributed by atoms with E-state index >= 15 is 0 Å². The van der Waals surface area contributed by atoms with Crippen LogP contribution in [0, 0.1) is 5.92 Å². The Hall–Kier alpha value is -3.19. The molecule has 1 fully saturated rings. The Morgan fingerprint density at radius 1 is 1.12 bits per heavy atom. The molecule has 1 heterocycles. The summed E-state index contributed by atoms with van der Waals surface area (Å²) >= 11 is 6.21. The molecule has 0 aliphatic carbocycles. The summed E-state index contributed by atoms with van der Waals surface area (Å²) in [6, 6.07) is 9.45. The number of benzene rings is 2. The summed E-state index contributed by atoms with van der Waals surface area (Å²) in [7, 11) is 2.87. The highest BCUT2D eigenvalue weighted by atomic mass is 35.5. The molecule has 3 rings (SSSR count). The van der Waals surface area contributed by atoms with Crippen LogP contribution in [0.25, 0.3) is 5.76 Å². The molecule has 34 heavy (non-hydrogen) atoms. The minimum Gasteiger partial charge on any atom is -0.507 e. The number of rotatable bonds is 9. The number of likely N-dealkylation sites (tertiary alicyclic amines) is 1. The SMILES string of the molecule is CCCN1C(=O)C(=O)/C(=C(/O)c2cc(OC)c(Cl)cc2OC)C1c1cccc(OCC(C)C)c1. The number of ketones is 1. The van der Waals surface area contributed by atoms with Crippen LogP contribution >= 0.6 is 11.6 Å². The van der Waals surface area contributed by atoms with Crippen molar-refractivity contribution >= 4 is 29.1 Å². The third-order valence-corrected chi connectivity index (χ3v) is 5.79. The zero-order valence-corrected chi connectivity index (χ0v) is 20.8. The fourth-order valence-electron chi connectivity index (χ4n) is 3.93. The second-order valence-electron chi connectivity index (χ2n) is 8.46. The molecule has 1 saturated heterocycles. The number of Topliss-reactive ketones (excluding diaryl/α,β-unsaturated/α-hetero) is 1. The summed E-state index contributed by atoms with van der Waals surface area (Å²) in [4.78, 5) is 27.6. The molecule has 1 aliphatic rings. The van der Waals surface area contributed by atoms with E-state index in [0.29, 0.717) is 42.6 Å². The van der Waals surface area contributed by atoms with Crippen molar-refractivity contribution in [1.29, 1.82) is 0 Å². The van der Waals surface area contributed by atoms with Gasteiger partial charge in [0.15, 0.2) is 0 Å². The quantitative estimate of drug-likeness (QED) is 0.296. The maximum Gasteiger partial charge on any atom is 0.295 e. The summed E-state index contributed by atoms with van der Waals surface area (Å²) in [5.74, 6) is -0.282. The number of carbonyl (C=O) groups excluding carboxylic acids is 2. The van der Waals surface area contributed by atoms with Gasteiger partial charge in [-0.15, -0.1) is 0 Å². The molecular formula is C26H30ClNO6.